The minimum atomic E-state index is -0.732. The van der Waals surface area contributed by atoms with E-state index in [1.165, 1.54) is 32.1 Å². The second-order valence-corrected chi connectivity index (χ2v) is 7.64. The number of β-amino-alcohol motifs (C(OH)–C–C–N with tert-alkyl or cyclic N) is 1. The minimum Gasteiger partial charge on any atom is -0.384 e. The molecule has 0 unspecified atom stereocenters. The van der Waals surface area contributed by atoms with E-state index >= 15 is 0 Å². The molecule has 1 aliphatic carbocycles. The molecular weight excluding hydrogens is 310 g/mol. The number of nitrogens with zero attached hydrogens (tertiary/aromatic N) is 3. The third-order valence-electron chi connectivity index (χ3n) is 5.74. The number of likely N-dealkylation sites (tertiary alicyclic amines) is 1. The average molecular weight is 337 g/mol. The highest BCUT2D eigenvalue weighted by Crippen LogP contribution is 2.33. The standard InChI is InChI=1S/C21H27N3O/c25-21(19-9-5-2-6-10-19)11-12-24(16-21)15-17-13-22-20(23-14-17)18-7-3-1-4-8-18/h2,5-6,9-10,13-14,18,25H,1,3-4,7-8,11-12,15-16H2/t21-/m0/s1. The van der Waals surface area contributed by atoms with Gasteiger partial charge in [0.2, 0.25) is 0 Å². The molecule has 25 heavy (non-hydrogen) atoms. The Morgan fingerprint density at radius 3 is 2.48 bits per heavy atom. The molecule has 2 aliphatic rings. The van der Waals surface area contributed by atoms with Crippen LogP contribution in [0.25, 0.3) is 0 Å². The van der Waals surface area contributed by atoms with Crippen LogP contribution in [-0.2, 0) is 12.1 Å². The molecule has 132 valence electrons. The zero-order valence-corrected chi connectivity index (χ0v) is 14.8. The molecule has 0 spiro atoms. The van der Waals surface area contributed by atoms with Crippen LogP contribution in [0.2, 0.25) is 0 Å². The predicted octanol–water partition coefficient (Wildman–Crippen LogP) is 3.62. The second kappa shape index (κ2) is 7.22. The Bertz CT molecular complexity index is 682. The van der Waals surface area contributed by atoms with E-state index in [9.17, 15) is 5.11 Å². The van der Waals surface area contributed by atoms with E-state index in [1.807, 2.05) is 42.7 Å². The van der Waals surface area contributed by atoms with Crippen molar-refractivity contribution in [2.45, 2.75) is 56.6 Å². The van der Waals surface area contributed by atoms with E-state index in [2.05, 4.69) is 14.9 Å². The van der Waals surface area contributed by atoms with Crippen molar-refractivity contribution in [2.75, 3.05) is 13.1 Å². The highest BCUT2D eigenvalue weighted by Gasteiger charge is 2.37. The van der Waals surface area contributed by atoms with Crippen molar-refractivity contribution >= 4 is 0 Å². The Morgan fingerprint density at radius 1 is 1.04 bits per heavy atom. The summed E-state index contributed by atoms with van der Waals surface area (Å²) in [5.74, 6) is 1.57. The molecule has 1 atom stereocenters. The summed E-state index contributed by atoms with van der Waals surface area (Å²) in [6.45, 7) is 2.37. The fraction of sp³-hybridized carbons (Fsp3) is 0.524. The minimum absolute atomic E-state index is 0.553. The van der Waals surface area contributed by atoms with Crippen LogP contribution < -0.4 is 0 Å². The Labute approximate surface area is 149 Å². The smallest absolute Gasteiger partial charge is 0.131 e. The molecule has 1 saturated carbocycles. The lowest BCUT2D eigenvalue weighted by Gasteiger charge is -2.24. The lowest BCUT2D eigenvalue weighted by atomic mass is 9.89. The third kappa shape index (κ3) is 3.75. The summed E-state index contributed by atoms with van der Waals surface area (Å²) in [7, 11) is 0. The fourth-order valence-electron chi connectivity index (χ4n) is 4.27. The van der Waals surface area contributed by atoms with Gasteiger partial charge < -0.3 is 5.11 Å². The lowest BCUT2D eigenvalue weighted by Crippen LogP contribution is -2.30. The SMILES string of the molecule is O[C@@]1(c2ccccc2)CCN(Cc2cnc(C3CCCCC3)nc2)C1. The monoisotopic (exact) mass is 337 g/mol. The van der Waals surface area contributed by atoms with E-state index in [1.54, 1.807) is 0 Å². The summed E-state index contributed by atoms with van der Waals surface area (Å²) >= 11 is 0. The van der Waals surface area contributed by atoms with Crippen molar-refractivity contribution in [3.8, 4) is 0 Å². The number of aliphatic hydroxyl groups is 1. The quantitative estimate of drug-likeness (QED) is 0.926. The number of rotatable bonds is 4. The molecule has 0 radical (unpaired) electrons. The zero-order chi connectivity index (χ0) is 17.1. The third-order valence-corrected chi connectivity index (χ3v) is 5.74. The van der Waals surface area contributed by atoms with Gasteiger partial charge in [0, 0.05) is 43.5 Å². The van der Waals surface area contributed by atoms with E-state index in [0.717, 1.165) is 36.5 Å². The zero-order valence-electron chi connectivity index (χ0n) is 14.8. The van der Waals surface area contributed by atoms with Gasteiger partial charge in [-0.05, 0) is 24.8 Å². The first kappa shape index (κ1) is 16.7. The van der Waals surface area contributed by atoms with Crippen LogP contribution in [0.3, 0.4) is 0 Å². The van der Waals surface area contributed by atoms with Crippen LogP contribution in [0.5, 0.6) is 0 Å². The van der Waals surface area contributed by atoms with Crippen LogP contribution in [0.4, 0.5) is 0 Å². The van der Waals surface area contributed by atoms with Gasteiger partial charge in [0.1, 0.15) is 11.4 Å². The normalized spacial score (nSPS) is 25.3. The maximum atomic E-state index is 11.0. The van der Waals surface area contributed by atoms with Gasteiger partial charge in [-0.3, -0.25) is 4.90 Å². The maximum absolute atomic E-state index is 11.0. The number of benzene rings is 1. The largest absolute Gasteiger partial charge is 0.384 e. The Morgan fingerprint density at radius 2 is 1.76 bits per heavy atom. The van der Waals surface area contributed by atoms with Gasteiger partial charge in [-0.25, -0.2) is 9.97 Å². The van der Waals surface area contributed by atoms with Crippen molar-refractivity contribution in [2.24, 2.45) is 0 Å². The van der Waals surface area contributed by atoms with Gasteiger partial charge >= 0.3 is 0 Å². The van der Waals surface area contributed by atoms with E-state index < -0.39 is 5.60 Å². The molecule has 2 heterocycles. The molecular formula is C21H27N3O. The molecule has 2 fully saturated rings. The molecule has 1 aromatic carbocycles. The Kier molecular flexibility index (Phi) is 4.82. The summed E-state index contributed by atoms with van der Waals surface area (Å²) in [6.07, 6.45) is 11.2. The highest BCUT2D eigenvalue weighted by molar-refractivity contribution is 5.24. The number of hydrogen-bond donors (Lipinski definition) is 1. The molecule has 4 rings (SSSR count). The van der Waals surface area contributed by atoms with Gasteiger partial charge in [-0.15, -0.1) is 0 Å². The number of hydrogen-bond acceptors (Lipinski definition) is 4. The summed E-state index contributed by atoms with van der Waals surface area (Å²) in [6, 6.07) is 10.0. The average Bonchev–Trinajstić information content (AvgIpc) is 3.06. The Hall–Kier alpha value is -1.78. The summed E-state index contributed by atoms with van der Waals surface area (Å²) in [5.41, 5.74) is 1.42. The topological polar surface area (TPSA) is 49.2 Å². The second-order valence-electron chi connectivity index (χ2n) is 7.64. The first-order valence-electron chi connectivity index (χ1n) is 9.54. The molecule has 1 aliphatic heterocycles. The predicted molar refractivity (Wildman–Crippen MR) is 98.1 cm³/mol. The van der Waals surface area contributed by atoms with Crippen molar-refractivity contribution in [1.29, 1.82) is 0 Å². The van der Waals surface area contributed by atoms with Gasteiger partial charge in [-0.1, -0.05) is 49.6 Å². The lowest BCUT2D eigenvalue weighted by molar-refractivity contribution is 0.0453. The van der Waals surface area contributed by atoms with Gasteiger partial charge in [0.05, 0.1) is 0 Å². The van der Waals surface area contributed by atoms with Crippen molar-refractivity contribution in [3.63, 3.8) is 0 Å². The summed E-state index contributed by atoms with van der Waals surface area (Å²) in [4.78, 5) is 11.6. The summed E-state index contributed by atoms with van der Waals surface area (Å²) in [5, 5.41) is 11.0. The van der Waals surface area contributed by atoms with Crippen molar-refractivity contribution in [1.82, 2.24) is 14.9 Å². The Balaban J connectivity index is 1.38. The van der Waals surface area contributed by atoms with Crippen LogP contribution in [-0.4, -0.2) is 33.1 Å². The molecule has 2 aromatic rings. The number of aromatic nitrogens is 2. The molecule has 4 nitrogen and oxygen atoms in total. The molecule has 1 aromatic heterocycles. The van der Waals surface area contributed by atoms with E-state index in [4.69, 9.17) is 0 Å². The van der Waals surface area contributed by atoms with Crippen molar-refractivity contribution in [3.05, 3.63) is 59.7 Å². The molecule has 1 N–H and O–H groups in total. The molecule has 0 amide bonds. The highest BCUT2D eigenvalue weighted by atomic mass is 16.3. The first-order chi connectivity index (χ1) is 12.2. The molecule has 1 saturated heterocycles. The molecule has 0 bridgehead atoms. The van der Waals surface area contributed by atoms with Crippen LogP contribution in [0, 0.1) is 0 Å². The maximum Gasteiger partial charge on any atom is 0.131 e. The van der Waals surface area contributed by atoms with E-state index in [-0.39, 0.29) is 0 Å². The first-order valence-corrected chi connectivity index (χ1v) is 9.54. The van der Waals surface area contributed by atoms with Crippen LogP contribution in [0.1, 0.15) is 61.4 Å². The molecule has 4 heteroatoms. The van der Waals surface area contributed by atoms with Crippen LogP contribution in [0.15, 0.2) is 42.7 Å². The van der Waals surface area contributed by atoms with Crippen LogP contribution >= 0.6 is 0 Å². The van der Waals surface area contributed by atoms with Crippen molar-refractivity contribution < 1.29 is 5.11 Å². The van der Waals surface area contributed by atoms with E-state index in [0.29, 0.717) is 12.5 Å². The van der Waals surface area contributed by atoms with Gasteiger partial charge in [-0.2, -0.15) is 0 Å². The fourth-order valence-corrected chi connectivity index (χ4v) is 4.27. The summed E-state index contributed by atoms with van der Waals surface area (Å²) < 4.78 is 0. The van der Waals surface area contributed by atoms with Gasteiger partial charge in [0.15, 0.2) is 0 Å². The van der Waals surface area contributed by atoms with Gasteiger partial charge in [0.25, 0.3) is 0 Å².